The van der Waals surface area contributed by atoms with Gasteiger partial charge >= 0.3 is 5.97 Å². The second-order valence-electron chi connectivity index (χ2n) is 4.00. The monoisotopic (exact) mass is 208 g/mol. The van der Waals surface area contributed by atoms with E-state index < -0.39 is 0 Å². The molecule has 0 aromatic carbocycles. The minimum Gasteiger partial charge on any atom is -0.466 e. The Morgan fingerprint density at radius 3 is 2.67 bits per heavy atom. The molecule has 0 spiro atoms. The van der Waals surface area contributed by atoms with Gasteiger partial charge < -0.3 is 4.74 Å². The first-order chi connectivity index (χ1) is 7.02. The van der Waals surface area contributed by atoms with Gasteiger partial charge in [0, 0.05) is 6.42 Å². The third-order valence-corrected chi connectivity index (χ3v) is 1.87. The molecule has 0 bridgehead atoms. The Bertz CT molecular complexity index is 277. The zero-order chi connectivity index (χ0) is 11.7. The Balaban J connectivity index is 4.09. The van der Waals surface area contributed by atoms with Gasteiger partial charge in [-0.1, -0.05) is 31.9 Å². The number of ether oxygens (including phenoxy) is 1. The summed E-state index contributed by atoms with van der Waals surface area (Å²) in [5.74, 6) is 5.62. The number of rotatable bonds is 5. The third-order valence-electron chi connectivity index (χ3n) is 1.87. The van der Waals surface area contributed by atoms with Gasteiger partial charge in [0.2, 0.25) is 0 Å². The molecule has 0 fully saturated rings. The van der Waals surface area contributed by atoms with Gasteiger partial charge in [-0.25, -0.2) is 0 Å². The van der Waals surface area contributed by atoms with Crippen molar-refractivity contribution in [2.45, 2.75) is 40.5 Å². The highest BCUT2D eigenvalue weighted by Crippen LogP contribution is 2.22. The lowest BCUT2D eigenvalue weighted by Gasteiger charge is -2.18. The molecule has 0 N–H and O–H groups in total. The maximum absolute atomic E-state index is 11.3. The summed E-state index contributed by atoms with van der Waals surface area (Å²) in [6.07, 6.45) is 5.17. The molecule has 0 saturated carbocycles. The fourth-order valence-corrected chi connectivity index (χ4v) is 1.18. The second-order valence-corrected chi connectivity index (χ2v) is 4.00. The van der Waals surface area contributed by atoms with Crippen molar-refractivity contribution in [3.8, 4) is 11.8 Å². The van der Waals surface area contributed by atoms with Crippen LogP contribution in [0.3, 0.4) is 0 Å². The lowest BCUT2D eigenvalue weighted by atomic mass is 9.89. The molecule has 0 aliphatic rings. The van der Waals surface area contributed by atoms with Crippen LogP contribution in [0.25, 0.3) is 0 Å². The number of allylic oxidation sites excluding steroid dienone is 2. The van der Waals surface area contributed by atoms with E-state index in [-0.39, 0.29) is 11.4 Å². The first-order valence-corrected chi connectivity index (χ1v) is 5.24. The molecule has 0 amide bonds. The van der Waals surface area contributed by atoms with E-state index in [1.807, 2.05) is 39.8 Å². The van der Waals surface area contributed by atoms with Crippen LogP contribution in [-0.2, 0) is 9.53 Å². The fraction of sp³-hybridized carbons (Fsp3) is 0.615. The molecule has 0 aliphatic heterocycles. The summed E-state index contributed by atoms with van der Waals surface area (Å²) in [4.78, 5) is 11.3. The van der Waals surface area contributed by atoms with Crippen molar-refractivity contribution in [3.05, 3.63) is 12.2 Å². The van der Waals surface area contributed by atoms with E-state index in [1.54, 1.807) is 0 Å². The molecule has 2 nitrogen and oxygen atoms in total. The van der Waals surface area contributed by atoms with Crippen molar-refractivity contribution in [3.63, 3.8) is 0 Å². The molecule has 0 unspecified atom stereocenters. The van der Waals surface area contributed by atoms with E-state index in [1.165, 1.54) is 0 Å². The van der Waals surface area contributed by atoms with Crippen molar-refractivity contribution in [1.82, 2.24) is 0 Å². The largest absolute Gasteiger partial charge is 0.466 e. The summed E-state index contributed by atoms with van der Waals surface area (Å²) >= 11 is 0. The van der Waals surface area contributed by atoms with Crippen molar-refractivity contribution >= 4 is 5.97 Å². The lowest BCUT2D eigenvalue weighted by molar-refractivity contribution is -0.144. The molecular weight excluding hydrogens is 188 g/mol. The highest BCUT2D eigenvalue weighted by molar-refractivity contribution is 5.70. The summed E-state index contributed by atoms with van der Waals surface area (Å²) in [7, 11) is 0. The predicted octanol–water partition coefficient (Wildman–Crippen LogP) is 2.94. The Morgan fingerprint density at radius 1 is 1.47 bits per heavy atom. The fourth-order valence-electron chi connectivity index (χ4n) is 1.18. The van der Waals surface area contributed by atoms with E-state index in [9.17, 15) is 4.79 Å². The smallest absolute Gasteiger partial charge is 0.306 e. The molecular formula is C13H20O2. The second kappa shape index (κ2) is 7.11. The molecule has 2 heteroatoms. The van der Waals surface area contributed by atoms with Gasteiger partial charge in [0.05, 0.1) is 13.0 Å². The van der Waals surface area contributed by atoms with Gasteiger partial charge in [-0.05, 0) is 19.3 Å². The summed E-state index contributed by atoms with van der Waals surface area (Å²) < 4.78 is 4.90. The first-order valence-electron chi connectivity index (χ1n) is 5.24. The first kappa shape index (κ1) is 13.8. The van der Waals surface area contributed by atoms with Crippen LogP contribution in [0.2, 0.25) is 0 Å². The molecule has 0 aromatic heterocycles. The summed E-state index contributed by atoms with van der Waals surface area (Å²) in [6.45, 7) is 8.11. The van der Waals surface area contributed by atoms with Gasteiger partial charge in [0.15, 0.2) is 0 Å². The van der Waals surface area contributed by atoms with Crippen molar-refractivity contribution in [1.29, 1.82) is 0 Å². The zero-order valence-corrected chi connectivity index (χ0v) is 10.1. The number of carbonyl (C=O) groups is 1. The molecule has 0 radical (unpaired) electrons. The Labute approximate surface area is 92.7 Å². The Kier molecular flexibility index (Phi) is 6.53. The molecule has 15 heavy (non-hydrogen) atoms. The molecule has 0 saturated heterocycles. The molecule has 0 aromatic rings. The van der Waals surface area contributed by atoms with Crippen molar-refractivity contribution in [2.24, 2.45) is 5.41 Å². The third kappa shape index (κ3) is 7.81. The van der Waals surface area contributed by atoms with Crippen LogP contribution < -0.4 is 0 Å². The van der Waals surface area contributed by atoms with Crippen LogP contribution in [0.5, 0.6) is 0 Å². The van der Waals surface area contributed by atoms with Gasteiger partial charge in [-0.3, -0.25) is 4.79 Å². The summed E-state index contributed by atoms with van der Waals surface area (Å²) in [5, 5.41) is 0. The SMILES string of the molecule is CC#CCC=CC(C)(C)CC(=O)OCC. The maximum atomic E-state index is 11.3. The topological polar surface area (TPSA) is 26.3 Å². The number of hydrogen-bond donors (Lipinski definition) is 0. The van der Waals surface area contributed by atoms with Crippen LogP contribution in [-0.4, -0.2) is 12.6 Å². The van der Waals surface area contributed by atoms with Crippen molar-refractivity contribution in [2.75, 3.05) is 6.61 Å². The van der Waals surface area contributed by atoms with Gasteiger partial charge in [-0.2, -0.15) is 0 Å². The number of hydrogen-bond acceptors (Lipinski definition) is 2. The van der Waals surface area contributed by atoms with Crippen LogP contribution in [0.1, 0.15) is 40.5 Å². The standard InChI is InChI=1S/C13H20O2/c1-5-7-8-9-10-13(3,4)11-12(14)15-6-2/h9-10H,6,8,11H2,1-4H3. The van der Waals surface area contributed by atoms with E-state index in [2.05, 4.69) is 11.8 Å². The van der Waals surface area contributed by atoms with Crippen LogP contribution >= 0.6 is 0 Å². The molecule has 84 valence electrons. The van der Waals surface area contributed by atoms with Gasteiger partial charge in [0.25, 0.3) is 0 Å². The average molecular weight is 208 g/mol. The highest BCUT2D eigenvalue weighted by Gasteiger charge is 2.19. The molecule has 0 atom stereocenters. The van der Waals surface area contributed by atoms with E-state index in [0.29, 0.717) is 13.0 Å². The van der Waals surface area contributed by atoms with Crippen molar-refractivity contribution < 1.29 is 9.53 Å². The van der Waals surface area contributed by atoms with Crippen LogP contribution in [0, 0.1) is 17.3 Å². The molecule has 0 rings (SSSR count). The average Bonchev–Trinajstić information content (AvgIpc) is 2.12. The Hall–Kier alpha value is -1.23. The van der Waals surface area contributed by atoms with Crippen LogP contribution in [0.4, 0.5) is 0 Å². The van der Waals surface area contributed by atoms with E-state index >= 15 is 0 Å². The quantitative estimate of drug-likeness (QED) is 0.394. The predicted molar refractivity (Wildman–Crippen MR) is 62.2 cm³/mol. The number of esters is 1. The minimum absolute atomic E-state index is 0.145. The minimum atomic E-state index is -0.151. The highest BCUT2D eigenvalue weighted by atomic mass is 16.5. The maximum Gasteiger partial charge on any atom is 0.306 e. The molecule has 0 aliphatic carbocycles. The van der Waals surface area contributed by atoms with Crippen LogP contribution in [0.15, 0.2) is 12.2 Å². The van der Waals surface area contributed by atoms with Gasteiger partial charge in [0.1, 0.15) is 0 Å². The summed E-state index contributed by atoms with van der Waals surface area (Å²) in [5.41, 5.74) is -0.151. The lowest BCUT2D eigenvalue weighted by Crippen LogP contribution is -2.16. The summed E-state index contributed by atoms with van der Waals surface area (Å²) in [6, 6.07) is 0. The number of carbonyl (C=O) groups excluding carboxylic acids is 1. The van der Waals surface area contributed by atoms with E-state index in [0.717, 1.165) is 6.42 Å². The van der Waals surface area contributed by atoms with Gasteiger partial charge in [-0.15, -0.1) is 5.92 Å². The normalized spacial score (nSPS) is 10.9. The Morgan fingerprint density at radius 2 is 2.13 bits per heavy atom. The zero-order valence-electron chi connectivity index (χ0n) is 10.1. The van der Waals surface area contributed by atoms with E-state index in [4.69, 9.17) is 4.74 Å². The molecule has 0 heterocycles.